The van der Waals surface area contributed by atoms with E-state index < -0.39 is 0 Å². The molecule has 0 radical (unpaired) electrons. The summed E-state index contributed by atoms with van der Waals surface area (Å²) in [4.78, 5) is 3.96. The van der Waals surface area contributed by atoms with Gasteiger partial charge in [-0.1, -0.05) is 19.9 Å². The molecule has 2 nitrogen and oxygen atoms in total. The number of allylic oxidation sites excluding steroid dienone is 1. The number of nitrogens with zero attached hydrogens (tertiary/aromatic N) is 1. The molecule has 0 aliphatic rings. The minimum atomic E-state index is 0.686. The van der Waals surface area contributed by atoms with Gasteiger partial charge in [0.2, 0.25) is 5.89 Å². The van der Waals surface area contributed by atoms with Gasteiger partial charge in [-0.3, -0.25) is 0 Å². The maximum Gasteiger partial charge on any atom is 0.218 e. The highest BCUT2D eigenvalue weighted by Crippen LogP contribution is 2.03. The van der Waals surface area contributed by atoms with Crippen molar-refractivity contribution in [2.24, 2.45) is 5.92 Å². The number of hydrogen-bond acceptors (Lipinski definition) is 2. The van der Waals surface area contributed by atoms with Gasteiger partial charge in [0.1, 0.15) is 6.26 Å². The first-order valence-corrected chi connectivity index (χ1v) is 3.85. The van der Waals surface area contributed by atoms with Crippen molar-refractivity contribution in [2.75, 3.05) is 0 Å². The fourth-order valence-electron chi connectivity index (χ4n) is 0.758. The monoisotopic (exact) mass is 151 g/mol. The molecule has 0 aliphatic carbocycles. The van der Waals surface area contributed by atoms with Crippen molar-refractivity contribution < 1.29 is 4.42 Å². The zero-order valence-corrected chi connectivity index (χ0v) is 6.95. The third-order valence-electron chi connectivity index (χ3n) is 1.32. The SMILES string of the molecule is CC(C)C/C=C/c1ncco1. The van der Waals surface area contributed by atoms with Crippen LogP contribution in [0.2, 0.25) is 0 Å². The van der Waals surface area contributed by atoms with E-state index in [2.05, 4.69) is 24.9 Å². The van der Waals surface area contributed by atoms with Gasteiger partial charge in [0, 0.05) is 0 Å². The van der Waals surface area contributed by atoms with Crippen LogP contribution in [-0.4, -0.2) is 4.98 Å². The van der Waals surface area contributed by atoms with Gasteiger partial charge in [-0.05, 0) is 18.4 Å². The summed E-state index contributed by atoms with van der Waals surface area (Å²) in [5, 5.41) is 0. The smallest absolute Gasteiger partial charge is 0.218 e. The molecule has 0 amide bonds. The zero-order valence-electron chi connectivity index (χ0n) is 6.95. The molecule has 1 heterocycles. The third-order valence-corrected chi connectivity index (χ3v) is 1.32. The molecule has 1 aromatic rings. The minimum absolute atomic E-state index is 0.686. The average molecular weight is 151 g/mol. The van der Waals surface area contributed by atoms with Crippen LogP contribution in [0.25, 0.3) is 6.08 Å². The van der Waals surface area contributed by atoms with E-state index in [0.29, 0.717) is 11.8 Å². The van der Waals surface area contributed by atoms with Gasteiger partial charge >= 0.3 is 0 Å². The molecular weight excluding hydrogens is 138 g/mol. The van der Waals surface area contributed by atoms with Crippen LogP contribution in [0, 0.1) is 5.92 Å². The Balaban J connectivity index is 2.37. The minimum Gasteiger partial charge on any atom is -0.445 e. The molecule has 0 aliphatic heterocycles. The van der Waals surface area contributed by atoms with E-state index in [0.717, 1.165) is 6.42 Å². The zero-order chi connectivity index (χ0) is 8.10. The number of oxazole rings is 1. The van der Waals surface area contributed by atoms with Crippen LogP contribution in [-0.2, 0) is 0 Å². The summed E-state index contributed by atoms with van der Waals surface area (Å²) in [6.45, 7) is 4.36. The van der Waals surface area contributed by atoms with Gasteiger partial charge < -0.3 is 4.42 Å². The van der Waals surface area contributed by atoms with Crippen LogP contribution in [0.5, 0.6) is 0 Å². The van der Waals surface area contributed by atoms with E-state index in [1.54, 1.807) is 12.5 Å². The van der Waals surface area contributed by atoms with Crippen LogP contribution in [0.1, 0.15) is 26.2 Å². The quantitative estimate of drug-likeness (QED) is 0.663. The highest BCUT2D eigenvalue weighted by molar-refractivity contribution is 5.36. The molecule has 0 fully saturated rings. The summed E-state index contributed by atoms with van der Waals surface area (Å²) in [6.07, 6.45) is 8.28. The maximum atomic E-state index is 5.02. The summed E-state index contributed by atoms with van der Waals surface area (Å²) in [5.74, 6) is 1.38. The van der Waals surface area contributed by atoms with Crippen molar-refractivity contribution in [1.82, 2.24) is 4.98 Å². The van der Waals surface area contributed by atoms with Crippen molar-refractivity contribution in [1.29, 1.82) is 0 Å². The van der Waals surface area contributed by atoms with Gasteiger partial charge in [-0.2, -0.15) is 0 Å². The second-order valence-corrected chi connectivity index (χ2v) is 2.90. The summed E-state index contributed by atoms with van der Waals surface area (Å²) in [6, 6.07) is 0. The molecule has 1 rings (SSSR count). The number of aromatic nitrogens is 1. The van der Waals surface area contributed by atoms with Crippen LogP contribution < -0.4 is 0 Å². The van der Waals surface area contributed by atoms with Gasteiger partial charge in [-0.15, -0.1) is 0 Å². The predicted molar refractivity (Wildman–Crippen MR) is 45.0 cm³/mol. The predicted octanol–water partition coefficient (Wildman–Crippen LogP) is 2.73. The van der Waals surface area contributed by atoms with E-state index >= 15 is 0 Å². The second-order valence-electron chi connectivity index (χ2n) is 2.90. The number of rotatable bonds is 3. The summed E-state index contributed by atoms with van der Waals surface area (Å²) in [5.41, 5.74) is 0. The highest BCUT2D eigenvalue weighted by Gasteiger charge is 1.90. The highest BCUT2D eigenvalue weighted by atomic mass is 16.3. The van der Waals surface area contributed by atoms with Gasteiger partial charge in [0.15, 0.2) is 0 Å². The average Bonchev–Trinajstić information content (AvgIpc) is 2.39. The molecule has 0 saturated carbocycles. The van der Waals surface area contributed by atoms with Crippen molar-refractivity contribution in [3.63, 3.8) is 0 Å². The van der Waals surface area contributed by atoms with Gasteiger partial charge in [0.05, 0.1) is 6.20 Å². The topological polar surface area (TPSA) is 26.0 Å². The fourth-order valence-corrected chi connectivity index (χ4v) is 0.758. The Hall–Kier alpha value is -1.05. The molecule has 0 bridgehead atoms. The Labute approximate surface area is 66.9 Å². The first-order chi connectivity index (χ1) is 5.29. The third kappa shape index (κ3) is 3.03. The van der Waals surface area contributed by atoms with Crippen molar-refractivity contribution in [3.05, 3.63) is 24.4 Å². The molecule has 0 aromatic carbocycles. The lowest BCUT2D eigenvalue weighted by atomic mass is 10.1. The van der Waals surface area contributed by atoms with Crippen molar-refractivity contribution >= 4 is 6.08 Å². The summed E-state index contributed by atoms with van der Waals surface area (Å²) < 4.78 is 5.02. The first-order valence-electron chi connectivity index (χ1n) is 3.85. The van der Waals surface area contributed by atoms with E-state index in [4.69, 9.17) is 4.42 Å². The normalized spacial score (nSPS) is 11.5. The van der Waals surface area contributed by atoms with Crippen LogP contribution in [0.4, 0.5) is 0 Å². The van der Waals surface area contributed by atoms with E-state index in [1.807, 2.05) is 6.08 Å². The van der Waals surface area contributed by atoms with Crippen molar-refractivity contribution in [2.45, 2.75) is 20.3 Å². The summed E-state index contributed by atoms with van der Waals surface area (Å²) >= 11 is 0. The molecule has 1 aromatic heterocycles. The number of hydrogen-bond donors (Lipinski definition) is 0. The first kappa shape index (κ1) is 8.05. The maximum absolute atomic E-state index is 5.02. The molecule has 2 heteroatoms. The molecule has 0 saturated heterocycles. The van der Waals surface area contributed by atoms with E-state index in [-0.39, 0.29) is 0 Å². The molecule has 0 N–H and O–H groups in total. The summed E-state index contributed by atoms with van der Waals surface area (Å²) in [7, 11) is 0. The van der Waals surface area contributed by atoms with Crippen LogP contribution >= 0.6 is 0 Å². The van der Waals surface area contributed by atoms with Crippen molar-refractivity contribution in [3.8, 4) is 0 Å². The molecule has 11 heavy (non-hydrogen) atoms. The standard InChI is InChI=1S/C9H13NO/c1-8(2)4-3-5-9-10-6-7-11-9/h3,5-8H,4H2,1-2H3/b5-3+. The second kappa shape index (κ2) is 3.96. The lowest BCUT2D eigenvalue weighted by Crippen LogP contribution is -1.80. The Morgan fingerprint density at radius 3 is 3.00 bits per heavy atom. The largest absolute Gasteiger partial charge is 0.445 e. The Kier molecular flexibility index (Phi) is 2.90. The van der Waals surface area contributed by atoms with Crippen LogP contribution in [0.15, 0.2) is 23.0 Å². The Morgan fingerprint density at radius 2 is 2.45 bits per heavy atom. The Morgan fingerprint density at radius 1 is 1.64 bits per heavy atom. The lowest BCUT2D eigenvalue weighted by molar-refractivity contribution is 0.546. The molecular formula is C9H13NO. The molecule has 0 unspecified atom stereocenters. The van der Waals surface area contributed by atoms with Crippen LogP contribution in [0.3, 0.4) is 0 Å². The molecule has 0 atom stereocenters. The Bertz CT molecular complexity index is 211. The van der Waals surface area contributed by atoms with E-state index in [9.17, 15) is 0 Å². The molecule has 60 valence electrons. The van der Waals surface area contributed by atoms with Gasteiger partial charge in [0.25, 0.3) is 0 Å². The lowest BCUT2D eigenvalue weighted by Gasteiger charge is -1.94. The molecule has 0 spiro atoms. The van der Waals surface area contributed by atoms with E-state index in [1.165, 1.54) is 0 Å². The van der Waals surface area contributed by atoms with Gasteiger partial charge in [-0.25, -0.2) is 4.98 Å². The fraction of sp³-hybridized carbons (Fsp3) is 0.444.